The second kappa shape index (κ2) is 5.60. The van der Waals surface area contributed by atoms with Crippen molar-refractivity contribution in [1.82, 2.24) is 0 Å². The molecular formula is C18H22N2O. The van der Waals surface area contributed by atoms with Crippen LogP contribution < -0.4 is 11.1 Å². The number of benzene rings is 2. The zero-order valence-corrected chi connectivity index (χ0v) is 13.0. The number of amides is 1. The van der Waals surface area contributed by atoms with Crippen molar-refractivity contribution in [3.8, 4) is 0 Å². The topological polar surface area (TPSA) is 55.1 Å². The molecule has 0 aliphatic rings. The van der Waals surface area contributed by atoms with E-state index in [2.05, 4.69) is 26.1 Å². The van der Waals surface area contributed by atoms with E-state index < -0.39 is 0 Å². The summed E-state index contributed by atoms with van der Waals surface area (Å²) in [5, 5.41) is 2.90. The molecule has 0 saturated carbocycles. The maximum absolute atomic E-state index is 12.6. The van der Waals surface area contributed by atoms with Gasteiger partial charge in [-0.25, -0.2) is 0 Å². The second-order valence-electron chi connectivity index (χ2n) is 6.34. The van der Waals surface area contributed by atoms with Crippen LogP contribution in [0.25, 0.3) is 0 Å². The van der Waals surface area contributed by atoms with Gasteiger partial charge in [-0.15, -0.1) is 0 Å². The van der Waals surface area contributed by atoms with Gasteiger partial charge in [0.2, 0.25) is 0 Å². The predicted octanol–water partition coefficient (Wildman–Crippen LogP) is 4.13. The molecular weight excluding hydrogens is 260 g/mol. The van der Waals surface area contributed by atoms with Crippen LogP contribution in [0.4, 0.5) is 11.4 Å². The lowest BCUT2D eigenvalue weighted by Crippen LogP contribution is -2.21. The van der Waals surface area contributed by atoms with Gasteiger partial charge in [-0.2, -0.15) is 0 Å². The van der Waals surface area contributed by atoms with E-state index in [4.69, 9.17) is 5.73 Å². The summed E-state index contributed by atoms with van der Waals surface area (Å²) in [6, 6.07) is 13.3. The SMILES string of the molecule is Cc1ccc(NC(=O)c2ccccc2C(C)(C)C)c(N)c1. The van der Waals surface area contributed by atoms with Gasteiger partial charge in [0.05, 0.1) is 11.4 Å². The van der Waals surface area contributed by atoms with Crippen LogP contribution in [0.5, 0.6) is 0 Å². The lowest BCUT2D eigenvalue weighted by atomic mass is 9.83. The van der Waals surface area contributed by atoms with Gasteiger partial charge in [-0.3, -0.25) is 4.79 Å². The van der Waals surface area contributed by atoms with Crippen molar-refractivity contribution in [2.75, 3.05) is 11.1 Å². The lowest BCUT2D eigenvalue weighted by molar-refractivity contribution is 0.102. The predicted molar refractivity (Wildman–Crippen MR) is 88.7 cm³/mol. The van der Waals surface area contributed by atoms with E-state index in [-0.39, 0.29) is 11.3 Å². The number of aryl methyl sites for hydroxylation is 1. The molecule has 2 aromatic carbocycles. The number of anilines is 2. The minimum Gasteiger partial charge on any atom is -0.397 e. The summed E-state index contributed by atoms with van der Waals surface area (Å²) < 4.78 is 0. The summed E-state index contributed by atoms with van der Waals surface area (Å²) in [7, 11) is 0. The molecule has 0 heterocycles. The Kier molecular flexibility index (Phi) is 4.03. The van der Waals surface area contributed by atoms with Gasteiger partial charge >= 0.3 is 0 Å². The fourth-order valence-electron chi connectivity index (χ4n) is 2.32. The minimum absolute atomic E-state index is 0.0905. The number of nitrogens with two attached hydrogens (primary N) is 1. The third-order valence-electron chi connectivity index (χ3n) is 3.43. The van der Waals surface area contributed by atoms with Crippen LogP contribution in [0.1, 0.15) is 42.3 Å². The Morgan fingerprint density at radius 1 is 1.10 bits per heavy atom. The Hall–Kier alpha value is -2.29. The van der Waals surface area contributed by atoms with Gasteiger partial charge in [0.1, 0.15) is 0 Å². The number of carbonyl (C=O) groups is 1. The Morgan fingerprint density at radius 3 is 2.38 bits per heavy atom. The molecule has 2 aromatic rings. The Balaban J connectivity index is 2.33. The molecule has 21 heavy (non-hydrogen) atoms. The maximum Gasteiger partial charge on any atom is 0.256 e. The highest BCUT2D eigenvalue weighted by molar-refractivity contribution is 6.06. The summed E-state index contributed by atoms with van der Waals surface area (Å²) in [6.07, 6.45) is 0. The van der Waals surface area contributed by atoms with Crippen LogP contribution in [-0.2, 0) is 5.41 Å². The summed E-state index contributed by atoms with van der Waals surface area (Å²) >= 11 is 0. The summed E-state index contributed by atoms with van der Waals surface area (Å²) in [4.78, 5) is 12.6. The molecule has 1 amide bonds. The van der Waals surface area contributed by atoms with Gasteiger partial charge in [0.25, 0.3) is 5.91 Å². The van der Waals surface area contributed by atoms with Gasteiger partial charge in [0.15, 0.2) is 0 Å². The van der Waals surface area contributed by atoms with Crippen LogP contribution in [0.3, 0.4) is 0 Å². The lowest BCUT2D eigenvalue weighted by Gasteiger charge is -2.22. The standard InChI is InChI=1S/C18H22N2O/c1-12-9-10-16(15(19)11-12)20-17(21)13-7-5-6-8-14(13)18(2,3)4/h5-11H,19H2,1-4H3,(H,20,21). The average Bonchev–Trinajstić information content (AvgIpc) is 2.41. The molecule has 0 atom stereocenters. The maximum atomic E-state index is 12.6. The molecule has 0 aliphatic heterocycles. The highest BCUT2D eigenvalue weighted by Crippen LogP contribution is 2.27. The fraction of sp³-hybridized carbons (Fsp3) is 0.278. The number of rotatable bonds is 2. The molecule has 110 valence electrons. The monoisotopic (exact) mass is 282 g/mol. The van der Waals surface area contributed by atoms with E-state index >= 15 is 0 Å². The fourth-order valence-corrected chi connectivity index (χ4v) is 2.32. The van der Waals surface area contributed by atoms with E-state index in [1.54, 1.807) is 0 Å². The first kappa shape index (κ1) is 15.1. The van der Waals surface area contributed by atoms with Gasteiger partial charge in [-0.1, -0.05) is 45.0 Å². The van der Waals surface area contributed by atoms with Gasteiger partial charge < -0.3 is 11.1 Å². The molecule has 0 unspecified atom stereocenters. The number of hydrogen-bond acceptors (Lipinski definition) is 2. The summed E-state index contributed by atoms with van der Waals surface area (Å²) in [5.74, 6) is -0.129. The molecule has 0 fully saturated rings. The smallest absolute Gasteiger partial charge is 0.256 e. The van der Waals surface area contributed by atoms with E-state index in [1.807, 2.05) is 49.4 Å². The molecule has 0 spiro atoms. The van der Waals surface area contributed by atoms with Crippen molar-refractivity contribution in [3.05, 3.63) is 59.2 Å². The van der Waals surface area contributed by atoms with Gasteiger partial charge in [-0.05, 0) is 41.7 Å². The molecule has 0 aliphatic carbocycles. The van der Waals surface area contributed by atoms with E-state index in [1.165, 1.54) is 0 Å². The molecule has 0 saturated heterocycles. The van der Waals surface area contributed by atoms with Crippen LogP contribution in [-0.4, -0.2) is 5.91 Å². The van der Waals surface area contributed by atoms with Crippen molar-refractivity contribution < 1.29 is 4.79 Å². The Bertz CT molecular complexity index is 669. The number of hydrogen-bond donors (Lipinski definition) is 2. The zero-order valence-electron chi connectivity index (χ0n) is 13.0. The van der Waals surface area contributed by atoms with E-state index in [9.17, 15) is 4.79 Å². The summed E-state index contributed by atoms with van der Waals surface area (Å²) in [5.41, 5.74) is 9.87. The average molecular weight is 282 g/mol. The molecule has 2 rings (SSSR count). The quantitative estimate of drug-likeness (QED) is 0.814. The molecule has 3 heteroatoms. The summed E-state index contributed by atoms with van der Waals surface area (Å²) in [6.45, 7) is 8.26. The van der Waals surface area contributed by atoms with Gasteiger partial charge in [0, 0.05) is 5.56 Å². The Labute approximate surface area is 126 Å². The van der Waals surface area contributed by atoms with Crippen LogP contribution in [0, 0.1) is 6.92 Å². The highest BCUT2D eigenvalue weighted by Gasteiger charge is 2.21. The normalized spacial score (nSPS) is 11.2. The van der Waals surface area contributed by atoms with Crippen molar-refractivity contribution in [3.63, 3.8) is 0 Å². The van der Waals surface area contributed by atoms with Crippen LogP contribution in [0.2, 0.25) is 0 Å². The number of carbonyl (C=O) groups excluding carboxylic acids is 1. The molecule has 0 aromatic heterocycles. The second-order valence-corrected chi connectivity index (χ2v) is 6.34. The largest absolute Gasteiger partial charge is 0.397 e. The van der Waals surface area contributed by atoms with Crippen LogP contribution >= 0.6 is 0 Å². The minimum atomic E-state index is -0.129. The van der Waals surface area contributed by atoms with E-state index in [0.717, 1.165) is 11.1 Å². The first-order chi connectivity index (χ1) is 9.79. The molecule has 3 nitrogen and oxygen atoms in total. The molecule has 0 bridgehead atoms. The van der Waals surface area contributed by atoms with Crippen molar-refractivity contribution >= 4 is 17.3 Å². The van der Waals surface area contributed by atoms with Crippen molar-refractivity contribution in [1.29, 1.82) is 0 Å². The number of nitrogen functional groups attached to an aromatic ring is 1. The third kappa shape index (κ3) is 3.43. The van der Waals surface area contributed by atoms with E-state index in [0.29, 0.717) is 16.9 Å². The van der Waals surface area contributed by atoms with Crippen molar-refractivity contribution in [2.24, 2.45) is 0 Å². The van der Waals surface area contributed by atoms with Crippen molar-refractivity contribution in [2.45, 2.75) is 33.1 Å². The first-order valence-corrected chi connectivity index (χ1v) is 7.06. The molecule has 0 radical (unpaired) electrons. The molecule has 3 N–H and O–H groups in total. The third-order valence-corrected chi connectivity index (χ3v) is 3.43. The first-order valence-electron chi connectivity index (χ1n) is 7.06. The zero-order chi connectivity index (χ0) is 15.6. The highest BCUT2D eigenvalue weighted by atomic mass is 16.1. The number of nitrogens with one attached hydrogen (secondary N) is 1. The Morgan fingerprint density at radius 2 is 1.76 bits per heavy atom. The van der Waals surface area contributed by atoms with Crippen LogP contribution in [0.15, 0.2) is 42.5 Å².